The molecular weight excluding hydrogens is 172 g/mol. The third kappa shape index (κ3) is 1.08. The van der Waals surface area contributed by atoms with Gasteiger partial charge in [-0.1, -0.05) is 18.2 Å². The van der Waals surface area contributed by atoms with Crippen LogP contribution in [0.3, 0.4) is 0 Å². The van der Waals surface area contributed by atoms with Crippen LogP contribution in [-0.4, -0.2) is 4.57 Å². The summed E-state index contributed by atoms with van der Waals surface area (Å²) < 4.78 is 2.26. The summed E-state index contributed by atoms with van der Waals surface area (Å²) in [5, 5.41) is 3.36. The molecule has 14 heavy (non-hydrogen) atoms. The molecule has 0 fully saturated rings. The number of aromatic nitrogens is 1. The molecule has 0 saturated heterocycles. The van der Waals surface area contributed by atoms with Gasteiger partial charge in [0.15, 0.2) is 0 Å². The molecule has 0 atom stereocenters. The van der Waals surface area contributed by atoms with Gasteiger partial charge in [0.25, 0.3) is 0 Å². The minimum Gasteiger partial charge on any atom is -0.319 e. The first-order valence-corrected chi connectivity index (χ1v) is 4.90. The van der Waals surface area contributed by atoms with Crippen molar-refractivity contribution < 1.29 is 0 Å². The molecule has 3 rings (SSSR count). The Hall–Kier alpha value is -1.54. The molecule has 2 heteroatoms. The summed E-state index contributed by atoms with van der Waals surface area (Å²) in [7, 11) is 0. The second-order valence-corrected chi connectivity index (χ2v) is 3.60. The van der Waals surface area contributed by atoms with Gasteiger partial charge >= 0.3 is 0 Å². The zero-order valence-electron chi connectivity index (χ0n) is 7.90. The summed E-state index contributed by atoms with van der Waals surface area (Å²) in [6, 6.07) is 12.7. The number of hydrogen-bond acceptors (Lipinski definition) is 1. The Morgan fingerprint density at radius 2 is 1.86 bits per heavy atom. The van der Waals surface area contributed by atoms with E-state index >= 15 is 0 Å². The van der Waals surface area contributed by atoms with E-state index in [4.69, 9.17) is 0 Å². The molecule has 0 saturated carbocycles. The SMILES string of the molecule is c1ccc(-n2ccc3c2CNC3)cc1. The second-order valence-electron chi connectivity index (χ2n) is 3.60. The Morgan fingerprint density at radius 3 is 2.71 bits per heavy atom. The molecule has 0 aliphatic carbocycles. The summed E-state index contributed by atoms with van der Waals surface area (Å²) in [6.07, 6.45) is 2.15. The van der Waals surface area contributed by atoms with Crippen LogP contribution in [0.15, 0.2) is 42.6 Å². The number of rotatable bonds is 1. The molecule has 0 unspecified atom stereocenters. The maximum atomic E-state index is 3.36. The van der Waals surface area contributed by atoms with E-state index in [0.717, 1.165) is 13.1 Å². The Labute approximate surface area is 83.2 Å². The van der Waals surface area contributed by atoms with E-state index in [1.54, 1.807) is 0 Å². The molecule has 2 heterocycles. The molecule has 2 nitrogen and oxygen atoms in total. The van der Waals surface area contributed by atoms with E-state index in [9.17, 15) is 0 Å². The smallest absolute Gasteiger partial charge is 0.0452 e. The predicted octanol–water partition coefficient (Wildman–Crippen LogP) is 2.08. The fourth-order valence-corrected chi connectivity index (χ4v) is 2.01. The van der Waals surface area contributed by atoms with E-state index in [0.29, 0.717) is 0 Å². The minimum atomic E-state index is 0.983. The molecule has 1 N–H and O–H groups in total. The molecule has 1 aliphatic rings. The average Bonchev–Trinajstić information content (AvgIpc) is 2.79. The molecule has 1 aliphatic heterocycles. The lowest BCUT2D eigenvalue weighted by molar-refractivity contribution is 0.741. The van der Waals surface area contributed by atoms with E-state index < -0.39 is 0 Å². The summed E-state index contributed by atoms with van der Waals surface area (Å²) >= 11 is 0. The van der Waals surface area contributed by atoms with Crippen LogP contribution >= 0.6 is 0 Å². The number of para-hydroxylation sites is 1. The summed E-state index contributed by atoms with van der Waals surface area (Å²) in [5.41, 5.74) is 4.07. The number of nitrogens with one attached hydrogen (secondary N) is 1. The van der Waals surface area contributed by atoms with Gasteiger partial charge in [-0.15, -0.1) is 0 Å². The van der Waals surface area contributed by atoms with Crippen LogP contribution in [0, 0.1) is 0 Å². The standard InChI is InChI=1S/C12H12N2/c1-2-4-11(5-3-1)14-7-6-10-8-13-9-12(10)14/h1-7,13H,8-9H2. The van der Waals surface area contributed by atoms with E-state index in [1.807, 2.05) is 6.07 Å². The Balaban J connectivity index is 2.13. The van der Waals surface area contributed by atoms with Crippen molar-refractivity contribution in [3.8, 4) is 5.69 Å². The molecule has 2 aromatic rings. The highest BCUT2D eigenvalue weighted by Gasteiger charge is 2.14. The number of fused-ring (bicyclic) bond motifs is 1. The Morgan fingerprint density at radius 1 is 1.00 bits per heavy atom. The van der Waals surface area contributed by atoms with Crippen LogP contribution in [0.2, 0.25) is 0 Å². The third-order valence-corrected chi connectivity index (χ3v) is 2.73. The van der Waals surface area contributed by atoms with Crippen LogP contribution in [0.5, 0.6) is 0 Å². The van der Waals surface area contributed by atoms with Gasteiger partial charge < -0.3 is 9.88 Å². The van der Waals surface area contributed by atoms with Crippen LogP contribution in [0.25, 0.3) is 5.69 Å². The number of nitrogens with zero attached hydrogens (tertiary/aromatic N) is 1. The van der Waals surface area contributed by atoms with Crippen molar-refractivity contribution in [1.29, 1.82) is 0 Å². The Bertz CT molecular complexity index is 443. The van der Waals surface area contributed by atoms with Gasteiger partial charge in [-0.3, -0.25) is 0 Å². The van der Waals surface area contributed by atoms with Crippen molar-refractivity contribution in [2.75, 3.05) is 0 Å². The molecule has 1 aromatic carbocycles. The third-order valence-electron chi connectivity index (χ3n) is 2.73. The molecule has 0 spiro atoms. The fourth-order valence-electron chi connectivity index (χ4n) is 2.01. The molecule has 70 valence electrons. The van der Waals surface area contributed by atoms with Gasteiger partial charge in [-0.05, 0) is 23.8 Å². The van der Waals surface area contributed by atoms with Crippen molar-refractivity contribution in [2.45, 2.75) is 13.1 Å². The maximum absolute atomic E-state index is 3.36. The fraction of sp³-hybridized carbons (Fsp3) is 0.167. The van der Waals surface area contributed by atoms with Crippen molar-refractivity contribution in [3.05, 3.63) is 53.9 Å². The molecule has 0 radical (unpaired) electrons. The quantitative estimate of drug-likeness (QED) is 0.718. The molecule has 1 aromatic heterocycles. The molecule has 0 amide bonds. The van der Waals surface area contributed by atoms with Gasteiger partial charge in [0.1, 0.15) is 0 Å². The van der Waals surface area contributed by atoms with Gasteiger partial charge in [0, 0.05) is 30.7 Å². The van der Waals surface area contributed by atoms with Crippen LogP contribution in [-0.2, 0) is 13.1 Å². The van der Waals surface area contributed by atoms with E-state index in [-0.39, 0.29) is 0 Å². The zero-order valence-corrected chi connectivity index (χ0v) is 7.90. The maximum Gasteiger partial charge on any atom is 0.0452 e. The predicted molar refractivity (Wildman–Crippen MR) is 56.3 cm³/mol. The molecular formula is C12H12N2. The number of hydrogen-bond donors (Lipinski definition) is 1. The van der Waals surface area contributed by atoms with Crippen LogP contribution in [0.4, 0.5) is 0 Å². The monoisotopic (exact) mass is 184 g/mol. The topological polar surface area (TPSA) is 17.0 Å². The first kappa shape index (κ1) is 7.83. The summed E-state index contributed by atoms with van der Waals surface area (Å²) in [5.74, 6) is 0. The summed E-state index contributed by atoms with van der Waals surface area (Å²) in [6.45, 7) is 1.99. The lowest BCUT2D eigenvalue weighted by Crippen LogP contribution is -2.04. The Kier molecular flexibility index (Phi) is 1.67. The highest BCUT2D eigenvalue weighted by molar-refractivity contribution is 5.39. The van der Waals surface area contributed by atoms with Crippen molar-refractivity contribution in [2.24, 2.45) is 0 Å². The summed E-state index contributed by atoms with van der Waals surface area (Å²) in [4.78, 5) is 0. The minimum absolute atomic E-state index is 0.983. The van der Waals surface area contributed by atoms with Crippen molar-refractivity contribution in [1.82, 2.24) is 9.88 Å². The van der Waals surface area contributed by atoms with Crippen molar-refractivity contribution in [3.63, 3.8) is 0 Å². The lowest BCUT2D eigenvalue weighted by atomic mass is 10.3. The first-order chi connectivity index (χ1) is 6.95. The molecule has 0 bridgehead atoms. The lowest BCUT2D eigenvalue weighted by Gasteiger charge is -2.06. The zero-order chi connectivity index (χ0) is 9.38. The van der Waals surface area contributed by atoms with Gasteiger partial charge in [-0.2, -0.15) is 0 Å². The van der Waals surface area contributed by atoms with E-state index in [2.05, 4.69) is 46.4 Å². The number of benzene rings is 1. The van der Waals surface area contributed by atoms with Crippen molar-refractivity contribution >= 4 is 0 Å². The van der Waals surface area contributed by atoms with E-state index in [1.165, 1.54) is 16.9 Å². The van der Waals surface area contributed by atoms with Crippen LogP contribution < -0.4 is 5.32 Å². The van der Waals surface area contributed by atoms with Gasteiger partial charge in [0.2, 0.25) is 0 Å². The largest absolute Gasteiger partial charge is 0.319 e. The average molecular weight is 184 g/mol. The highest BCUT2D eigenvalue weighted by Crippen LogP contribution is 2.20. The van der Waals surface area contributed by atoms with Gasteiger partial charge in [-0.25, -0.2) is 0 Å². The first-order valence-electron chi connectivity index (χ1n) is 4.90. The second kappa shape index (κ2) is 3.00. The van der Waals surface area contributed by atoms with Crippen LogP contribution in [0.1, 0.15) is 11.3 Å². The van der Waals surface area contributed by atoms with Gasteiger partial charge in [0.05, 0.1) is 0 Å². The normalized spacial score (nSPS) is 14.3. The highest BCUT2D eigenvalue weighted by atomic mass is 15.0.